The lowest BCUT2D eigenvalue weighted by Gasteiger charge is -2.27. The average Bonchev–Trinajstić information content (AvgIpc) is 3.02. The van der Waals surface area contributed by atoms with Gasteiger partial charge < -0.3 is 5.32 Å². The lowest BCUT2D eigenvalue weighted by atomic mass is 9.82. The molecule has 1 heteroatoms. The molecule has 0 spiro atoms. The van der Waals surface area contributed by atoms with Crippen molar-refractivity contribution < 1.29 is 0 Å². The second kappa shape index (κ2) is 4.42. The van der Waals surface area contributed by atoms with Crippen LogP contribution in [0.4, 0.5) is 0 Å². The number of nitrogens with one attached hydrogen (secondary N) is 1. The van der Waals surface area contributed by atoms with Gasteiger partial charge in [-0.3, -0.25) is 0 Å². The number of rotatable bonds is 3. The molecule has 1 atom stereocenters. The smallest absolute Gasteiger partial charge is 0.0173 e. The highest BCUT2D eigenvalue weighted by molar-refractivity contribution is 5.37. The standard InChI is InChI=1S/C15H19N/c1-2-7-12(6-1)15(13-8-3-4-9-13)14-10-5-11-16-14/h1-4,6,8,14-16H,5,7,9-11H2. The molecule has 1 aliphatic heterocycles. The Balaban J connectivity index is 1.82. The Morgan fingerprint density at radius 2 is 1.75 bits per heavy atom. The summed E-state index contributed by atoms with van der Waals surface area (Å²) in [7, 11) is 0. The highest BCUT2D eigenvalue weighted by atomic mass is 14.9. The second-order valence-electron chi connectivity index (χ2n) is 4.93. The maximum Gasteiger partial charge on any atom is 0.0173 e. The first kappa shape index (κ1) is 10.1. The van der Waals surface area contributed by atoms with E-state index in [9.17, 15) is 0 Å². The SMILES string of the molecule is C1=CCC(C(C2=CC=CC2)C2CCCN2)=C1. The van der Waals surface area contributed by atoms with E-state index in [0.29, 0.717) is 12.0 Å². The van der Waals surface area contributed by atoms with Gasteiger partial charge in [-0.2, -0.15) is 0 Å². The zero-order valence-corrected chi connectivity index (χ0v) is 9.65. The monoisotopic (exact) mass is 213 g/mol. The maximum absolute atomic E-state index is 3.67. The molecule has 1 fully saturated rings. The van der Waals surface area contributed by atoms with Crippen LogP contribution in [0.3, 0.4) is 0 Å². The van der Waals surface area contributed by atoms with Gasteiger partial charge in [0.2, 0.25) is 0 Å². The first-order valence-electron chi connectivity index (χ1n) is 6.40. The lowest BCUT2D eigenvalue weighted by molar-refractivity contribution is 0.483. The largest absolute Gasteiger partial charge is 0.313 e. The third-order valence-electron chi connectivity index (χ3n) is 3.90. The Kier molecular flexibility index (Phi) is 2.79. The lowest BCUT2D eigenvalue weighted by Crippen LogP contribution is -2.32. The van der Waals surface area contributed by atoms with Gasteiger partial charge in [0.15, 0.2) is 0 Å². The van der Waals surface area contributed by atoms with Gasteiger partial charge in [0.05, 0.1) is 0 Å². The van der Waals surface area contributed by atoms with Crippen molar-refractivity contribution in [3.05, 3.63) is 47.6 Å². The Hall–Kier alpha value is -1.08. The van der Waals surface area contributed by atoms with Gasteiger partial charge in [0.25, 0.3) is 0 Å². The van der Waals surface area contributed by atoms with E-state index in [-0.39, 0.29) is 0 Å². The quantitative estimate of drug-likeness (QED) is 0.759. The molecule has 84 valence electrons. The molecule has 3 aliphatic rings. The summed E-state index contributed by atoms with van der Waals surface area (Å²) in [6, 6.07) is 0.678. The van der Waals surface area contributed by atoms with Gasteiger partial charge >= 0.3 is 0 Å². The summed E-state index contributed by atoms with van der Waals surface area (Å²) in [6.45, 7) is 1.20. The van der Waals surface area contributed by atoms with E-state index in [1.54, 1.807) is 11.1 Å². The predicted molar refractivity (Wildman–Crippen MR) is 68.2 cm³/mol. The fraction of sp³-hybridized carbons (Fsp3) is 0.467. The fourth-order valence-electron chi connectivity index (χ4n) is 3.14. The molecule has 0 radical (unpaired) electrons. The molecule has 3 rings (SSSR count). The van der Waals surface area contributed by atoms with Crippen LogP contribution >= 0.6 is 0 Å². The minimum Gasteiger partial charge on any atom is -0.313 e. The molecular weight excluding hydrogens is 194 g/mol. The molecule has 2 aliphatic carbocycles. The molecule has 1 N–H and O–H groups in total. The normalized spacial score (nSPS) is 27.9. The van der Waals surface area contributed by atoms with Crippen molar-refractivity contribution in [2.45, 2.75) is 31.7 Å². The van der Waals surface area contributed by atoms with Crippen molar-refractivity contribution in [2.75, 3.05) is 6.54 Å². The molecule has 0 saturated carbocycles. The van der Waals surface area contributed by atoms with Crippen molar-refractivity contribution in [3.8, 4) is 0 Å². The zero-order valence-electron chi connectivity index (χ0n) is 9.65. The molecule has 1 unspecified atom stereocenters. The number of allylic oxidation sites excluding steroid dienone is 6. The highest BCUT2D eigenvalue weighted by Gasteiger charge is 2.30. The third-order valence-corrected chi connectivity index (χ3v) is 3.90. The van der Waals surface area contributed by atoms with E-state index < -0.39 is 0 Å². The first-order valence-corrected chi connectivity index (χ1v) is 6.40. The van der Waals surface area contributed by atoms with Crippen LogP contribution in [0.2, 0.25) is 0 Å². The Morgan fingerprint density at radius 3 is 2.19 bits per heavy atom. The van der Waals surface area contributed by atoms with Crippen molar-refractivity contribution in [1.29, 1.82) is 0 Å². The Labute approximate surface area is 97.6 Å². The van der Waals surface area contributed by atoms with E-state index in [4.69, 9.17) is 0 Å². The van der Waals surface area contributed by atoms with E-state index in [1.807, 2.05) is 0 Å². The summed E-state index contributed by atoms with van der Waals surface area (Å²) >= 11 is 0. The van der Waals surface area contributed by atoms with Crippen LogP contribution < -0.4 is 5.32 Å². The van der Waals surface area contributed by atoms with Gasteiger partial charge in [-0.05, 0) is 32.2 Å². The number of hydrogen-bond acceptors (Lipinski definition) is 1. The van der Waals surface area contributed by atoms with E-state index in [2.05, 4.69) is 41.8 Å². The van der Waals surface area contributed by atoms with Crippen LogP contribution in [-0.2, 0) is 0 Å². The van der Waals surface area contributed by atoms with Crippen molar-refractivity contribution in [1.82, 2.24) is 5.32 Å². The van der Waals surface area contributed by atoms with Crippen LogP contribution in [-0.4, -0.2) is 12.6 Å². The average molecular weight is 213 g/mol. The van der Waals surface area contributed by atoms with Gasteiger partial charge in [-0.25, -0.2) is 0 Å². The molecule has 0 aromatic rings. The van der Waals surface area contributed by atoms with E-state index in [0.717, 1.165) is 12.8 Å². The summed E-state index contributed by atoms with van der Waals surface area (Å²) in [5, 5.41) is 3.67. The highest BCUT2D eigenvalue weighted by Crippen LogP contribution is 2.36. The van der Waals surface area contributed by atoms with Crippen LogP contribution in [0.25, 0.3) is 0 Å². The molecule has 0 aromatic carbocycles. The zero-order chi connectivity index (χ0) is 10.8. The van der Waals surface area contributed by atoms with Crippen molar-refractivity contribution >= 4 is 0 Å². The van der Waals surface area contributed by atoms with E-state index in [1.165, 1.54) is 19.4 Å². The summed E-state index contributed by atoms with van der Waals surface area (Å²) in [5.41, 5.74) is 3.21. The molecule has 1 heterocycles. The molecule has 1 nitrogen and oxygen atoms in total. The van der Waals surface area contributed by atoms with Crippen LogP contribution in [0, 0.1) is 5.92 Å². The maximum atomic E-state index is 3.67. The summed E-state index contributed by atoms with van der Waals surface area (Å²) in [5.74, 6) is 0.646. The topological polar surface area (TPSA) is 12.0 Å². The molecule has 0 bridgehead atoms. The third kappa shape index (κ3) is 1.80. The Bertz CT molecular complexity index is 348. The van der Waals surface area contributed by atoms with Gasteiger partial charge in [-0.15, -0.1) is 0 Å². The van der Waals surface area contributed by atoms with Gasteiger partial charge in [0, 0.05) is 12.0 Å². The summed E-state index contributed by atoms with van der Waals surface area (Å²) in [6.07, 6.45) is 18.6. The van der Waals surface area contributed by atoms with E-state index >= 15 is 0 Å². The molecule has 16 heavy (non-hydrogen) atoms. The van der Waals surface area contributed by atoms with Crippen LogP contribution in [0.15, 0.2) is 47.6 Å². The minimum atomic E-state index is 0.646. The second-order valence-corrected chi connectivity index (χ2v) is 4.93. The predicted octanol–water partition coefficient (Wildman–Crippen LogP) is 3.13. The first-order chi connectivity index (χ1) is 7.95. The molecule has 0 amide bonds. The van der Waals surface area contributed by atoms with Gasteiger partial charge in [0.1, 0.15) is 0 Å². The summed E-state index contributed by atoms with van der Waals surface area (Å²) in [4.78, 5) is 0. The molecule has 0 aromatic heterocycles. The molecular formula is C15H19N. The fourth-order valence-corrected chi connectivity index (χ4v) is 3.14. The van der Waals surface area contributed by atoms with Crippen molar-refractivity contribution in [2.24, 2.45) is 5.92 Å². The van der Waals surface area contributed by atoms with Crippen LogP contribution in [0.5, 0.6) is 0 Å². The number of hydrogen-bond donors (Lipinski definition) is 1. The minimum absolute atomic E-state index is 0.646. The Morgan fingerprint density at radius 1 is 1.06 bits per heavy atom. The van der Waals surface area contributed by atoms with Gasteiger partial charge in [-0.1, -0.05) is 47.6 Å². The summed E-state index contributed by atoms with van der Waals surface area (Å²) < 4.78 is 0. The molecule has 1 saturated heterocycles. The van der Waals surface area contributed by atoms with Crippen molar-refractivity contribution in [3.63, 3.8) is 0 Å². The van der Waals surface area contributed by atoms with Crippen LogP contribution in [0.1, 0.15) is 25.7 Å².